The van der Waals surface area contributed by atoms with E-state index in [1.165, 1.54) is 12.1 Å². The first kappa shape index (κ1) is 18.2. The van der Waals surface area contributed by atoms with Gasteiger partial charge < -0.3 is 14.5 Å². The summed E-state index contributed by atoms with van der Waals surface area (Å²) in [6.45, 7) is 6.13. The highest BCUT2D eigenvalue weighted by Crippen LogP contribution is 2.15. The molecule has 0 spiro atoms. The third kappa shape index (κ3) is 5.22. The third-order valence-corrected chi connectivity index (χ3v) is 3.97. The zero-order chi connectivity index (χ0) is 17.5. The number of carbonyl (C=O) groups excluding carboxylic acids is 2. The SMILES string of the molecule is CC(C)CC(=O)N1CCCN(C(=O)COc2ccccc2F)CC1. The van der Waals surface area contributed by atoms with Crippen LogP contribution in [0.4, 0.5) is 4.39 Å². The third-order valence-electron chi connectivity index (χ3n) is 3.97. The highest BCUT2D eigenvalue weighted by atomic mass is 19.1. The minimum absolute atomic E-state index is 0.0782. The van der Waals surface area contributed by atoms with Gasteiger partial charge in [-0.15, -0.1) is 0 Å². The fourth-order valence-electron chi connectivity index (χ4n) is 2.69. The molecule has 0 bridgehead atoms. The van der Waals surface area contributed by atoms with Gasteiger partial charge in [0.05, 0.1) is 0 Å². The van der Waals surface area contributed by atoms with Gasteiger partial charge in [0.2, 0.25) is 5.91 Å². The summed E-state index contributed by atoms with van der Waals surface area (Å²) < 4.78 is 18.8. The molecule has 5 nitrogen and oxygen atoms in total. The number of rotatable bonds is 5. The van der Waals surface area contributed by atoms with Crippen molar-refractivity contribution in [2.24, 2.45) is 5.92 Å². The molecule has 2 rings (SSSR count). The van der Waals surface area contributed by atoms with Gasteiger partial charge in [0.15, 0.2) is 18.2 Å². The van der Waals surface area contributed by atoms with Crippen LogP contribution in [-0.2, 0) is 9.59 Å². The molecule has 1 fully saturated rings. The summed E-state index contributed by atoms with van der Waals surface area (Å²) >= 11 is 0. The monoisotopic (exact) mass is 336 g/mol. The maximum absolute atomic E-state index is 13.5. The van der Waals surface area contributed by atoms with E-state index in [1.54, 1.807) is 17.0 Å². The molecule has 2 amide bonds. The first-order chi connectivity index (χ1) is 11.5. The summed E-state index contributed by atoms with van der Waals surface area (Å²) in [5.74, 6) is -0.119. The highest BCUT2D eigenvalue weighted by molar-refractivity contribution is 5.78. The van der Waals surface area contributed by atoms with Gasteiger partial charge in [-0.05, 0) is 24.5 Å². The number of ether oxygens (including phenoxy) is 1. The predicted octanol–water partition coefficient (Wildman–Crippen LogP) is 2.31. The Morgan fingerprint density at radius 2 is 1.71 bits per heavy atom. The topological polar surface area (TPSA) is 49.9 Å². The zero-order valence-electron chi connectivity index (χ0n) is 14.3. The summed E-state index contributed by atoms with van der Waals surface area (Å²) in [7, 11) is 0. The van der Waals surface area contributed by atoms with Crippen LogP contribution < -0.4 is 4.74 Å². The van der Waals surface area contributed by atoms with E-state index < -0.39 is 5.82 Å². The summed E-state index contributed by atoms with van der Waals surface area (Å²) in [5, 5.41) is 0. The Bertz CT molecular complexity index is 577. The van der Waals surface area contributed by atoms with Crippen molar-refractivity contribution in [3.8, 4) is 5.75 Å². The average molecular weight is 336 g/mol. The van der Waals surface area contributed by atoms with Crippen LogP contribution in [0.2, 0.25) is 0 Å². The van der Waals surface area contributed by atoms with Crippen LogP contribution >= 0.6 is 0 Å². The summed E-state index contributed by atoms with van der Waals surface area (Å²) in [6.07, 6.45) is 1.28. The van der Waals surface area contributed by atoms with Gasteiger partial charge in [-0.25, -0.2) is 4.39 Å². The van der Waals surface area contributed by atoms with E-state index in [0.717, 1.165) is 6.42 Å². The fourth-order valence-corrected chi connectivity index (χ4v) is 2.69. The standard InChI is InChI=1S/C18H25FN2O3/c1-14(2)12-17(22)20-8-5-9-21(11-10-20)18(23)13-24-16-7-4-3-6-15(16)19/h3-4,6-7,14H,5,8-13H2,1-2H3. The number of benzene rings is 1. The van der Waals surface area contributed by atoms with E-state index in [0.29, 0.717) is 38.5 Å². The van der Waals surface area contributed by atoms with Crippen molar-refractivity contribution < 1.29 is 18.7 Å². The molecule has 132 valence electrons. The number of nitrogens with zero attached hydrogens (tertiary/aromatic N) is 2. The van der Waals surface area contributed by atoms with Crippen LogP contribution in [0.25, 0.3) is 0 Å². The van der Waals surface area contributed by atoms with E-state index in [-0.39, 0.29) is 24.2 Å². The number of carbonyl (C=O) groups is 2. The number of amides is 2. The minimum Gasteiger partial charge on any atom is -0.481 e. The van der Waals surface area contributed by atoms with Crippen LogP contribution in [0.15, 0.2) is 24.3 Å². The van der Waals surface area contributed by atoms with Crippen molar-refractivity contribution in [3.05, 3.63) is 30.1 Å². The first-order valence-electron chi connectivity index (χ1n) is 8.40. The van der Waals surface area contributed by atoms with Gasteiger partial charge in [-0.1, -0.05) is 26.0 Å². The predicted molar refractivity (Wildman–Crippen MR) is 89.1 cm³/mol. The molecule has 0 radical (unpaired) electrons. The Labute approximate surface area is 142 Å². The lowest BCUT2D eigenvalue weighted by Crippen LogP contribution is -2.39. The molecule has 0 unspecified atom stereocenters. The molecule has 1 saturated heterocycles. The fraction of sp³-hybridized carbons (Fsp3) is 0.556. The van der Waals surface area contributed by atoms with Gasteiger partial charge >= 0.3 is 0 Å². The van der Waals surface area contributed by atoms with E-state index >= 15 is 0 Å². The Morgan fingerprint density at radius 3 is 2.33 bits per heavy atom. The number of hydrogen-bond donors (Lipinski definition) is 0. The zero-order valence-corrected chi connectivity index (χ0v) is 14.3. The molecule has 1 heterocycles. The van der Waals surface area contributed by atoms with E-state index in [4.69, 9.17) is 4.74 Å². The number of para-hydroxylation sites is 1. The van der Waals surface area contributed by atoms with Crippen molar-refractivity contribution in [1.29, 1.82) is 0 Å². The molecule has 6 heteroatoms. The molecule has 0 aromatic heterocycles. The lowest BCUT2D eigenvalue weighted by atomic mass is 10.1. The first-order valence-corrected chi connectivity index (χ1v) is 8.40. The lowest BCUT2D eigenvalue weighted by Gasteiger charge is -2.23. The Balaban J connectivity index is 1.83. The van der Waals surface area contributed by atoms with Crippen LogP contribution in [0.5, 0.6) is 5.75 Å². The lowest BCUT2D eigenvalue weighted by molar-refractivity contribution is -0.135. The Morgan fingerprint density at radius 1 is 1.08 bits per heavy atom. The minimum atomic E-state index is -0.480. The maximum atomic E-state index is 13.5. The van der Waals surface area contributed by atoms with Gasteiger partial charge in [0, 0.05) is 32.6 Å². The molecule has 0 aliphatic carbocycles. The van der Waals surface area contributed by atoms with E-state index in [1.807, 2.05) is 18.7 Å². The number of halogens is 1. The van der Waals surface area contributed by atoms with E-state index in [2.05, 4.69) is 0 Å². The van der Waals surface area contributed by atoms with Crippen LogP contribution in [-0.4, -0.2) is 54.4 Å². The van der Waals surface area contributed by atoms with Crippen molar-refractivity contribution in [1.82, 2.24) is 9.80 Å². The second kappa shape index (κ2) is 8.66. The van der Waals surface area contributed by atoms with Crippen LogP contribution in [0.3, 0.4) is 0 Å². The molecule has 1 aliphatic rings. The van der Waals surface area contributed by atoms with Gasteiger partial charge in [0.25, 0.3) is 5.91 Å². The van der Waals surface area contributed by atoms with Gasteiger partial charge in [-0.2, -0.15) is 0 Å². The second-order valence-corrected chi connectivity index (χ2v) is 6.43. The largest absolute Gasteiger partial charge is 0.481 e. The molecule has 24 heavy (non-hydrogen) atoms. The molecular weight excluding hydrogens is 311 g/mol. The normalized spacial score (nSPS) is 15.3. The van der Waals surface area contributed by atoms with Crippen LogP contribution in [0.1, 0.15) is 26.7 Å². The average Bonchev–Trinajstić information content (AvgIpc) is 2.79. The highest BCUT2D eigenvalue weighted by Gasteiger charge is 2.22. The maximum Gasteiger partial charge on any atom is 0.260 e. The molecular formula is C18H25FN2O3. The van der Waals surface area contributed by atoms with Crippen molar-refractivity contribution in [2.45, 2.75) is 26.7 Å². The molecule has 1 aliphatic heterocycles. The Hall–Kier alpha value is -2.11. The molecule has 0 N–H and O–H groups in total. The van der Waals surface area contributed by atoms with Crippen molar-refractivity contribution in [3.63, 3.8) is 0 Å². The molecule has 1 aromatic carbocycles. The van der Waals surface area contributed by atoms with Crippen molar-refractivity contribution >= 4 is 11.8 Å². The quantitative estimate of drug-likeness (QED) is 0.829. The van der Waals surface area contributed by atoms with E-state index in [9.17, 15) is 14.0 Å². The summed E-state index contributed by atoms with van der Waals surface area (Å²) in [5.41, 5.74) is 0. The molecule has 0 atom stereocenters. The molecule has 0 saturated carbocycles. The number of hydrogen-bond acceptors (Lipinski definition) is 3. The van der Waals surface area contributed by atoms with Gasteiger partial charge in [-0.3, -0.25) is 9.59 Å². The summed E-state index contributed by atoms with van der Waals surface area (Å²) in [6, 6.07) is 6.02. The van der Waals surface area contributed by atoms with Gasteiger partial charge in [0.1, 0.15) is 0 Å². The summed E-state index contributed by atoms with van der Waals surface area (Å²) in [4.78, 5) is 27.9. The Kier molecular flexibility index (Phi) is 6.58. The van der Waals surface area contributed by atoms with Crippen molar-refractivity contribution in [2.75, 3.05) is 32.8 Å². The molecule has 1 aromatic rings. The van der Waals surface area contributed by atoms with Crippen LogP contribution in [0, 0.1) is 11.7 Å². The second-order valence-electron chi connectivity index (χ2n) is 6.43. The smallest absolute Gasteiger partial charge is 0.260 e.